The first-order valence-electron chi connectivity index (χ1n) is 5.80. The van der Waals surface area contributed by atoms with Crippen LogP contribution >= 0.6 is 0 Å². The summed E-state index contributed by atoms with van der Waals surface area (Å²) in [7, 11) is 0. The van der Waals surface area contributed by atoms with Gasteiger partial charge in [0.25, 0.3) is 0 Å². The summed E-state index contributed by atoms with van der Waals surface area (Å²) in [6.45, 7) is 2.41. The van der Waals surface area contributed by atoms with Crippen LogP contribution in [0, 0.1) is 5.92 Å². The number of anilines is 1. The zero-order valence-electron chi connectivity index (χ0n) is 10.1. The summed E-state index contributed by atoms with van der Waals surface area (Å²) in [6.07, 6.45) is 0.387. The van der Waals surface area contributed by atoms with Crippen LogP contribution in [0.2, 0.25) is 0 Å². The molecule has 6 nitrogen and oxygen atoms in total. The van der Waals surface area contributed by atoms with Crippen LogP contribution < -0.4 is 16.7 Å². The molecule has 2 rings (SSSR count). The fourth-order valence-corrected chi connectivity index (χ4v) is 1.72. The number of carbonyl (C=O) groups excluding carboxylic acids is 1. The van der Waals surface area contributed by atoms with Gasteiger partial charge in [-0.1, -0.05) is 6.92 Å². The van der Waals surface area contributed by atoms with Crippen LogP contribution in [0.15, 0.2) is 23.0 Å². The second-order valence-electron chi connectivity index (χ2n) is 4.43. The summed E-state index contributed by atoms with van der Waals surface area (Å²) in [5.41, 5.74) is 7.25. The Labute approximate surface area is 104 Å². The van der Waals surface area contributed by atoms with E-state index < -0.39 is 0 Å². The highest BCUT2D eigenvalue weighted by Gasteiger charge is 2.08. The molecule has 1 atom stereocenters. The number of H-pyrrole nitrogens is 2. The molecule has 2 aromatic rings. The Bertz CT molecular complexity index is 614. The maximum Gasteiger partial charge on any atom is 0.323 e. The number of hydrogen-bond donors (Lipinski definition) is 4. The number of hydrogen-bond acceptors (Lipinski definition) is 3. The third-order valence-corrected chi connectivity index (χ3v) is 2.74. The van der Waals surface area contributed by atoms with Gasteiger partial charge in [0.15, 0.2) is 0 Å². The Morgan fingerprint density at radius 2 is 2.11 bits per heavy atom. The van der Waals surface area contributed by atoms with Gasteiger partial charge in [-0.15, -0.1) is 0 Å². The van der Waals surface area contributed by atoms with Gasteiger partial charge in [0, 0.05) is 12.1 Å². The number of benzene rings is 1. The molecule has 6 heteroatoms. The highest BCUT2D eigenvalue weighted by atomic mass is 16.1. The molecule has 0 saturated heterocycles. The van der Waals surface area contributed by atoms with E-state index in [9.17, 15) is 9.59 Å². The number of aromatic amines is 2. The lowest BCUT2D eigenvalue weighted by Gasteiger charge is -2.09. The molecule has 0 aliphatic heterocycles. The number of amides is 1. The number of aromatic nitrogens is 2. The number of imidazole rings is 1. The van der Waals surface area contributed by atoms with Gasteiger partial charge in [-0.25, -0.2) is 4.79 Å². The van der Waals surface area contributed by atoms with Crippen molar-refractivity contribution in [2.45, 2.75) is 13.3 Å². The third-order valence-electron chi connectivity index (χ3n) is 2.74. The molecule has 0 aliphatic rings. The minimum absolute atomic E-state index is 0.0785. The van der Waals surface area contributed by atoms with Gasteiger partial charge in [0.1, 0.15) is 0 Å². The molecule has 96 valence electrons. The normalized spacial score (nSPS) is 12.6. The minimum Gasteiger partial charge on any atom is -0.330 e. The van der Waals surface area contributed by atoms with Crippen molar-refractivity contribution in [2.75, 3.05) is 11.9 Å². The Hall–Kier alpha value is -2.08. The van der Waals surface area contributed by atoms with Crippen molar-refractivity contribution < 1.29 is 4.79 Å². The lowest BCUT2D eigenvalue weighted by atomic mass is 10.1. The van der Waals surface area contributed by atoms with E-state index in [1.807, 2.05) is 6.92 Å². The largest absolute Gasteiger partial charge is 0.330 e. The van der Waals surface area contributed by atoms with Crippen LogP contribution in [0.5, 0.6) is 0 Å². The van der Waals surface area contributed by atoms with Crippen LogP contribution in [0.25, 0.3) is 11.0 Å². The van der Waals surface area contributed by atoms with Crippen LogP contribution in [-0.4, -0.2) is 22.4 Å². The van der Waals surface area contributed by atoms with Crippen molar-refractivity contribution in [3.63, 3.8) is 0 Å². The zero-order chi connectivity index (χ0) is 13.1. The molecule has 0 radical (unpaired) electrons. The van der Waals surface area contributed by atoms with Crippen molar-refractivity contribution >= 4 is 22.6 Å². The SMILES string of the molecule is CC(CN)CC(=O)Nc1ccc2[nH]c(=O)[nH]c2c1. The van der Waals surface area contributed by atoms with Crippen molar-refractivity contribution in [2.24, 2.45) is 11.7 Å². The first-order valence-corrected chi connectivity index (χ1v) is 5.80. The molecule has 1 unspecified atom stereocenters. The van der Waals surface area contributed by atoms with E-state index in [1.165, 1.54) is 0 Å². The predicted molar refractivity (Wildman–Crippen MR) is 70.4 cm³/mol. The predicted octanol–water partition coefficient (Wildman–Crippen LogP) is 0.780. The molecule has 1 amide bonds. The Kier molecular flexibility index (Phi) is 3.47. The van der Waals surface area contributed by atoms with Crippen molar-refractivity contribution in [3.8, 4) is 0 Å². The second-order valence-corrected chi connectivity index (χ2v) is 4.43. The highest BCUT2D eigenvalue weighted by molar-refractivity contribution is 5.93. The maximum absolute atomic E-state index is 11.7. The molecule has 0 bridgehead atoms. The highest BCUT2D eigenvalue weighted by Crippen LogP contribution is 2.15. The molecule has 18 heavy (non-hydrogen) atoms. The van der Waals surface area contributed by atoms with Gasteiger partial charge in [-0.2, -0.15) is 0 Å². The van der Waals surface area contributed by atoms with E-state index in [1.54, 1.807) is 18.2 Å². The lowest BCUT2D eigenvalue weighted by molar-refractivity contribution is -0.116. The van der Waals surface area contributed by atoms with E-state index in [2.05, 4.69) is 15.3 Å². The van der Waals surface area contributed by atoms with Crippen molar-refractivity contribution in [3.05, 3.63) is 28.7 Å². The van der Waals surface area contributed by atoms with E-state index in [0.717, 1.165) is 0 Å². The van der Waals surface area contributed by atoms with Crippen LogP contribution in [0.4, 0.5) is 5.69 Å². The number of nitrogens with one attached hydrogen (secondary N) is 3. The summed E-state index contributed by atoms with van der Waals surface area (Å²) >= 11 is 0. The number of carbonyl (C=O) groups is 1. The Balaban J connectivity index is 2.11. The van der Waals surface area contributed by atoms with Gasteiger partial charge in [0.05, 0.1) is 11.0 Å². The molecular formula is C12H16N4O2. The molecule has 1 aromatic heterocycles. The van der Waals surface area contributed by atoms with Crippen LogP contribution in [-0.2, 0) is 4.79 Å². The first-order chi connectivity index (χ1) is 8.58. The molecule has 5 N–H and O–H groups in total. The standard InChI is InChI=1S/C12H16N4O2/c1-7(6-13)4-11(17)14-8-2-3-9-10(5-8)16-12(18)15-9/h2-3,5,7H,4,6,13H2,1H3,(H,14,17)(H2,15,16,18). The smallest absolute Gasteiger partial charge is 0.323 e. The number of rotatable bonds is 4. The second kappa shape index (κ2) is 5.05. The van der Waals surface area contributed by atoms with Gasteiger partial charge in [-0.3, -0.25) is 4.79 Å². The Morgan fingerprint density at radius 1 is 1.39 bits per heavy atom. The molecular weight excluding hydrogens is 232 g/mol. The van der Waals surface area contributed by atoms with Gasteiger partial charge < -0.3 is 21.0 Å². The quantitative estimate of drug-likeness (QED) is 0.642. The molecule has 0 spiro atoms. The molecule has 0 saturated carbocycles. The van der Waals surface area contributed by atoms with Gasteiger partial charge in [-0.05, 0) is 30.7 Å². The van der Waals surface area contributed by atoms with E-state index in [4.69, 9.17) is 5.73 Å². The third kappa shape index (κ3) is 2.78. The van der Waals surface area contributed by atoms with Crippen LogP contribution in [0.1, 0.15) is 13.3 Å². The summed E-state index contributed by atoms with van der Waals surface area (Å²) in [5.74, 6) is 0.0750. The monoisotopic (exact) mass is 248 g/mol. The first kappa shape index (κ1) is 12.4. The summed E-state index contributed by atoms with van der Waals surface area (Å²) in [6, 6.07) is 5.21. The average molecular weight is 248 g/mol. The topological polar surface area (TPSA) is 104 Å². The fraction of sp³-hybridized carbons (Fsp3) is 0.333. The van der Waals surface area contributed by atoms with E-state index in [0.29, 0.717) is 29.7 Å². The summed E-state index contributed by atoms with van der Waals surface area (Å²) < 4.78 is 0. The molecule has 0 fully saturated rings. The zero-order valence-corrected chi connectivity index (χ0v) is 10.1. The lowest BCUT2D eigenvalue weighted by Crippen LogP contribution is -2.20. The summed E-state index contributed by atoms with van der Waals surface area (Å²) in [5, 5.41) is 2.78. The Morgan fingerprint density at radius 3 is 2.83 bits per heavy atom. The minimum atomic E-state index is -0.259. The molecule has 0 aliphatic carbocycles. The van der Waals surface area contributed by atoms with Gasteiger partial charge >= 0.3 is 5.69 Å². The average Bonchev–Trinajstić information content (AvgIpc) is 2.68. The number of nitrogens with two attached hydrogens (primary N) is 1. The van der Waals surface area contributed by atoms with E-state index >= 15 is 0 Å². The van der Waals surface area contributed by atoms with Crippen molar-refractivity contribution in [1.29, 1.82) is 0 Å². The molecule has 1 heterocycles. The van der Waals surface area contributed by atoms with Crippen molar-refractivity contribution in [1.82, 2.24) is 9.97 Å². The molecule has 1 aromatic carbocycles. The van der Waals surface area contributed by atoms with Gasteiger partial charge in [0.2, 0.25) is 5.91 Å². The fourth-order valence-electron chi connectivity index (χ4n) is 1.72. The van der Waals surface area contributed by atoms with E-state index in [-0.39, 0.29) is 17.5 Å². The number of fused-ring (bicyclic) bond motifs is 1. The van der Waals surface area contributed by atoms with Crippen LogP contribution in [0.3, 0.4) is 0 Å². The summed E-state index contributed by atoms with van der Waals surface area (Å²) in [4.78, 5) is 28.1. The maximum atomic E-state index is 11.7.